The third-order valence-electron chi connectivity index (χ3n) is 2.40. The topological polar surface area (TPSA) is 44.5 Å². The maximum Gasteiger partial charge on any atom is 0.119 e. The molecule has 0 aliphatic heterocycles. The Hall–Kier alpha value is -1.06. The molecule has 0 amide bonds. The van der Waals surface area contributed by atoms with Gasteiger partial charge in [0.2, 0.25) is 0 Å². The fourth-order valence-electron chi connectivity index (χ4n) is 1.61. The molecule has 0 radical (unpaired) electrons. The van der Waals surface area contributed by atoms with Crippen molar-refractivity contribution in [3.8, 4) is 5.75 Å². The van der Waals surface area contributed by atoms with Gasteiger partial charge in [-0.2, -0.15) is 0 Å². The molecule has 16 heavy (non-hydrogen) atoms. The second-order valence-electron chi connectivity index (χ2n) is 3.93. The molecule has 2 N–H and O–H groups in total. The van der Waals surface area contributed by atoms with E-state index < -0.39 is 0 Å². The van der Waals surface area contributed by atoms with Gasteiger partial charge in [-0.25, -0.2) is 0 Å². The van der Waals surface area contributed by atoms with Gasteiger partial charge in [0.15, 0.2) is 0 Å². The van der Waals surface area contributed by atoms with Gasteiger partial charge >= 0.3 is 0 Å². The van der Waals surface area contributed by atoms with E-state index in [1.54, 1.807) is 7.11 Å². The highest BCUT2D eigenvalue weighted by molar-refractivity contribution is 5.30. The molecule has 0 spiro atoms. The molecule has 0 aliphatic carbocycles. The molecule has 2 atom stereocenters. The van der Waals surface area contributed by atoms with E-state index in [0.29, 0.717) is 0 Å². The average molecular weight is 223 g/mol. The van der Waals surface area contributed by atoms with Gasteiger partial charge in [0.1, 0.15) is 5.75 Å². The molecular formula is C13H21NO2. The quantitative estimate of drug-likeness (QED) is 0.806. The predicted octanol–water partition coefficient (Wildman–Crippen LogP) is 2.51. The molecule has 0 saturated heterocycles. The van der Waals surface area contributed by atoms with Crippen molar-refractivity contribution >= 4 is 0 Å². The Balaban J connectivity index is 2.82. The van der Waals surface area contributed by atoms with Crippen LogP contribution in [0.5, 0.6) is 5.75 Å². The zero-order chi connectivity index (χ0) is 12.0. The lowest BCUT2D eigenvalue weighted by Gasteiger charge is -2.22. The SMILES string of the molecule is CCCOC(c1cccc(OC)c1)C(C)N. The number of methoxy groups -OCH3 is 1. The number of hydrogen-bond acceptors (Lipinski definition) is 3. The fourth-order valence-corrected chi connectivity index (χ4v) is 1.61. The van der Waals surface area contributed by atoms with Crippen LogP contribution in [0.2, 0.25) is 0 Å². The van der Waals surface area contributed by atoms with Crippen LogP contribution < -0.4 is 10.5 Å². The van der Waals surface area contributed by atoms with Gasteiger partial charge in [-0.15, -0.1) is 0 Å². The minimum atomic E-state index is -0.0601. The van der Waals surface area contributed by atoms with E-state index >= 15 is 0 Å². The van der Waals surface area contributed by atoms with Gasteiger partial charge < -0.3 is 15.2 Å². The zero-order valence-electron chi connectivity index (χ0n) is 10.3. The standard InChI is InChI=1S/C13H21NO2/c1-4-8-16-13(10(2)14)11-6-5-7-12(9-11)15-3/h5-7,9-10,13H,4,8,14H2,1-3H3. The summed E-state index contributed by atoms with van der Waals surface area (Å²) in [6.07, 6.45) is 0.933. The molecule has 1 rings (SSSR count). The molecular weight excluding hydrogens is 202 g/mol. The van der Waals surface area contributed by atoms with Crippen molar-refractivity contribution in [1.29, 1.82) is 0 Å². The highest BCUT2D eigenvalue weighted by Crippen LogP contribution is 2.24. The second-order valence-corrected chi connectivity index (χ2v) is 3.93. The van der Waals surface area contributed by atoms with E-state index in [4.69, 9.17) is 15.2 Å². The largest absolute Gasteiger partial charge is 0.497 e. The van der Waals surface area contributed by atoms with Gasteiger partial charge in [-0.1, -0.05) is 19.1 Å². The zero-order valence-corrected chi connectivity index (χ0v) is 10.3. The molecule has 1 aromatic carbocycles. The van der Waals surface area contributed by atoms with Crippen LogP contribution in [0.3, 0.4) is 0 Å². The van der Waals surface area contributed by atoms with Crippen LogP contribution in [0.1, 0.15) is 31.9 Å². The first-order valence-electron chi connectivity index (χ1n) is 5.70. The monoisotopic (exact) mass is 223 g/mol. The Morgan fingerprint density at radius 2 is 2.12 bits per heavy atom. The lowest BCUT2D eigenvalue weighted by Crippen LogP contribution is -2.27. The van der Waals surface area contributed by atoms with Gasteiger partial charge in [0.05, 0.1) is 13.2 Å². The summed E-state index contributed by atoms with van der Waals surface area (Å²) in [4.78, 5) is 0. The van der Waals surface area contributed by atoms with Crippen LogP contribution in [-0.2, 0) is 4.74 Å². The Morgan fingerprint density at radius 3 is 2.69 bits per heavy atom. The molecule has 1 aromatic rings. The lowest BCUT2D eigenvalue weighted by molar-refractivity contribution is 0.0386. The summed E-state index contributed by atoms with van der Waals surface area (Å²) >= 11 is 0. The smallest absolute Gasteiger partial charge is 0.119 e. The van der Waals surface area contributed by atoms with Crippen molar-refractivity contribution in [1.82, 2.24) is 0 Å². The first-order valence-corrected chi connectivity index (χ1v) is 5.70. The fraction of sp³-hybridized carbons (Fsp3) is 0.538. The van der Waals surface area contributed by atoms with Crippen molar-refractivity contribution in [3.05, 3.63) is 29.8 Å². The van der Waals surface area contributed by atoms with Crippen LogP contribution in [0.4, 0.5) is 0 Å². The Labute approximate surface area is 97.6 Å². The third-order valence-corrected chi connectivity index (χ3v) is 2.40. The minimum Gasteiger partial charge on any atom is -0.497 e. The summed E-state index contributed by atoms with van der Waals surface area (Å²) in [5, 5.41) is 0. The number of nitrogens with two attached hydrogens (primary N) is 1. The first-order chi connectivity index (χ1) is 7.69. The number of rotatable bonds is 6. The predicted molar refractivity (Wildman–Crippen MR) is 65.6 cm³/mol. The van der Waals surface area contributed by atoms with E-state index in [1.807, 2.05) is 31.2 Å². The van der Waals surface area contributed by atoms with Crippen molar-refractivity contribution in [2.24, 2.45) is 5.73 Å². The summed E-state index contributed by atoms with van der Waals surface area (Å²) in [5.74, 6) is 0.836. The number of hydrogen-bond donors (Lipinski definition) is 1. The van der Waals surface area contributed by atoms with Gasteiger partial charge in [-0.05, 0) is 31.0 Å². The minimum absolute atomic E-state index is 0.0290. The highest BCUT2D eigenvalue weighted by atomic mass is 16.5. The van der Waals surface area contributed by atoms with Gasteiger partial charge in [0, 0.05) is 12.6 Å². The maximum atomic E-state index is 5.94. The summed E-state index contributed by atoms with van der Waals surface area (Å²) in [6.45, 7) is 4.77. The average Bonchev–Trinajstić information content (AvgIpc) is 2.29. The highest BCUT2D eigenvalue weighted by Gasteiger charge is 2.16. The van der Waals surface area contributed by atoms with Gasteiger partial charge in [0.25, 0.3) is 0 Å². The van der Waals surface area contributed by atoms with Crippen molar-refractivity contribution in [2.45, 2.75) is 32.4 Å². The van der Waals surface area contributed by atoms with Crippen molar-refractivity contribution in [3.63, 3.8) is 0 Å². The normalized spacial score (nSPS) is 14.5. The molecule has 0 bridgehead atoms. The van der Waals surface area contributed by atoms with Crippen LogP contribution in [0, 0.1) is 0 Å². The first kappa shape index (κ1) is 13.0. The maximum absolute atomic E-state index is 5.94. The van der Waals surface area contributed by atoms with Crippen LogP contribution in [0.15, 0.2) is 24.3 Å². The molecule has 0 aromatic heterocycles. The van der Waals surface area contributed by atoms with E-state index in [9.17, 15) is 0 Å². The molecule has 0 aliphatic rings. The summed E-state index contributed by atoms with van der Waals surface area (Å²) in [5.41, 5.74) is 7.01. The molecule has 3 heteroatoms. The second kappa shape index (κ2) is 6.51. The molecule has 90 valence electrons. The number of benzene rings is 1. The van der Waals surface area contributed by atoms with E-state index in [2.05, 4.69) is 6.92 Å². The van der Waals surface area contributed by atoms with Crippen molar-refractivity contribution < 1.29 is 9.47 Å². The molecule has 0 fully saturated rings. The Kier molecular flexibility index (Phi) is 5.29. The lowest BCUT2D eigenvalue weighted by atomic mass is 10.0. The molecule has 3 nitrogen and oxygen atoms in total. The van der Waals surface area contributed by atoms with E-state index in [0.717, 1.165) is 24.3 Å². The molecule has 2 unspecified atom stereocenters. The van der Waals surface area contributed by atoms with Crippen molar-refractivity contribution in [2.75, 3.05) is 13.7 Å². The van der Waals surface area contributed by atoms with Crippen LogP contribution in [0.25, 0.3) is 0 Å². The molecule has 0 heterocycles. The number of ether oxygens (including phenoxy) is 2. The summed E-state index contributed by atoms with van der Waals surface area (Å²) < 4.78 is 11.0. The Morgan fingerprint density at radius 1 is 1.38 bits per heavy atom. The van der Waals surface area contributed by atoms with Crippen LogP contribution >= 0.6 is 0 Å². The Bertz CT molecular complexity index is 313. The van der Waals surface area contributed by atoms with Gasteiger partial charge in [-0.3, -0.25) is 0 Å². The summed E-state index contributed by atoms with van der Waals surface area (Å²) in [7, 11) is 1.66. The third kappa shape index (κ3) is 3.51. The summed E-state index contributed by atoms with van der Waals surface area (Å²) in [6, 6.07) is 7.84. The molecule has 0 saturated carbocycles. The van der Waals surface area contributed by atoms with Crippen LogP contribution in [-0.4, -0.2) is 19.8 Å². The van der Waals surface area contributed by atoms with E-state index in [-0.39, 0.29) is 12.1 Å². The van der Waals surface area contributed by atoms with E-state index in [1.165, 1.54) is 0 Å².